The van der Waals surface area contributed by atoms with Crippen LogP contribution in [-0.2, 0) is 26.1 Å². The lowest BCUT2D eigenvalue weighted by Crippen LogP contribution is -2.50. The third kappa shape index (κ3) is 4.52. The number of carbonyl (C=O) groups excluding carboxylic acids is 1. The van der Waals surface area contributed by atoms with Crippen molar-refractivity contribution in [2.45, 2.75) is 19.4 Å². The molecule has 3 rings (SSSR count). The van der Waals surface area contributed by atoms with Gasteiger partial charge in [0.1, 0.15) is 6.54 Å². The van der Waals surface area contributed by atoms with Gasteiger partial charge in [0.15, 0.2) is 0 Å². The lowest BCUT2D eigenvalue weighted by molar-refractivity contribution is -0.135. The number of amides is 1. The van der Waals surface area contributed by atoms with E-state index >= 15 is 0 Å². The maximum Gasteiger partial charge on any atom is 0.244 e. The second kappa shape index (κ2) is 7.22. The first-order chi connectivity index (χ1) is 11.8. The van der Waals surface area contributed by atoms with Crippen molar-refractivity contribution in [1.29, 1.82) is 0 Å². The molecule has 0 saturated carbocycles. The summed E-state index contributed by atoms with van der Waals surface area (Å²) in [7, 11) is -3.24. The van der Waals surface area contributed by atoms with E-state index in [-0.39, 0.29) is 17.9 Å². The molecule has 1 aromatic heterocycles. The minimum absolute atomic E-state index is 0.0101. The van der Waals surface area contributed by atoms with Crippen LogP contribution in [0.5, 0.6) is 0 Å². The summed E-state index contributed by atoms with van der Waals surface area (Å²) in [6.07, 6.45) is 5.81. The van der Waals surface area contributed by atoms with E-state index < -0.39 is 10.0 Å². The van der Waals surface area contributed by atoms with Crippen molar-refractivity contribution in [3.63, 3.8) is 0 Å². The van der Waals surface area contributed by atoms with Crippen LogP contribution in [-0.4, -0.2) is 79.0 Å². The fourth-order valence-corrected chi connectivity index (χ4v) is 4.50. The number of rotatable bonds is 3. The number of halogens is 1. The minimum Gasteiger partial charge on any atom is -0.379 e. The molecule has 2 aliphatic rings. The monoisotopic (exact) mass is 390 g/mol. The zero-order valence-electron chi connectivity index (χ0n) is 14.2. The molecule has 0 atom stereocenters. The molecule has 1 amide bonds. The van der Waals surface area contributed by atoms with Gasteiger partial charge in [-0.15, -0.1) is 0 Å². The molecule has 1 spiro atoms. The molecule has 0 unspecified atom stereocenters. The fraction of sp³-hybridized carbons (Fsp3) is 0.733. The van der Waals surface area contributed by atoms with Crippen LogP contribution in [0, 0.1) is 5.41 Å². The summed E-state index contributed by atoms with van der Waals surface area (Å²) >= 11 is 5.82. The summed E-state index contributed by atoms with van der Waals surface area (Å²) in [5.41, 5.74) is -0.217. The number of hydrogen-bond donors (Lipinski definition) is 0. The van der Waals surface area contributed by atoms with Gasteiger partial charge in [-0.2, -0.15) is 9.40 Å². The molecule has 1 aromatic rings. The van der Waals surface area contributed by atoms with Gasteiger partial charge in [-0.05, 0) is 12.8 Å². The van der Waals surface area contributed by atoms with E-state index in [0.29, 0.717) is 44.4 Å². The Bertz CT molecular complexity index is 728. The average Bonchev–Trinajstić information content (AvgIpc) is 2.83. The number of aromatic nitrogens is 2. The van der Waals surface area contributed by atoms with Gasteiger partial charge in [-0.25, -0.2) is 8.42 Å². The number of ether oxygens (including phenoxy) is 1. The fourth-order valence-electron chi connectivity index (χ4n) is 3.43. The summed E-state index contributed by atoms with van der Waals surface area (Å²) in [6.45, 7) is 3.15. The summed E-state index contributed by atoms with van der Waals surface area (Å²) < 4.78 is 32.6. The van der Waals surface area contributed by atoms with Gasteiger partial charge >= 0.3 is 0 Å². The zero-order valence-corrected chi connectivity index (χ0v) is 15.8. The van der Waals surface area contributed by atoms with Gasteiger partial charge in [-0.1, -0.05) is 11.6 Å². The molecule has 8 nitrogen and oxygen atoms in total. The van der Waals surface area contributed by atoms with Crippen LogP contribution in [0.25, 0.3) is 0 Å². The van der Waals surface area contributed by atoms with Crippen LogP contribution < -0.4 is 0 Å². The first kappa shape index (κ1) is 18.6. The van der Waals surface area contributed by atoms with E-state index in [4.69, 9.17) is 16.3 Å². The molecular weight excluding hydrogens is 368 g/mol. The van der Waals surface area contributed by atoms with Gasteiger partial charge in [0, 0.05) is 37.8 Å². The normalized spacial score (nSPS) is 22.1. The zero-order chi connectivity index (χ0) is 18.1. The summed E-state index contributed by atoms with van der Waals surface area (Å²) in [4.78, 5) is 14.2. The highest BCUT2D eigenvalue weighted by Crippen LogP contribution is 2.35. The Morgan fingerprint density at radius 2 is 2.08 bits per heavy atom. The van der Waals surface area contributed by atoms with Crippen molar-refractivity contribution in [3.05, 3.63) is 17.4 Å². The second-order valence-corrected chi connectivity index (χ2v) is 9.30. The number of nitrogens with zero attached hydrogens (tertiary/aromatic N) is 4. The van der Waals surface area contributed by atoms with Crippen LogP contribution in [0.15, 0.2) is 12.4 Å². The predicted molar refractivity (Wildman–Crippen MR) is 92.7 cm³/mol. The van der Waals surface area contributed by atoms with Gasteiger partial charge < -0.3 is 9.64 Å². The van der Waals surface area contributed by atoms with Crippen LogP contribution in [0.3, 0.4) is 0 Å². The molecule has 0 bridgehead atoms. The van der Waals surface area contributed by atoms with Crippen LogP contribution >= 0.6 is 11.6 Å². The SMILES string of the molecule is CS(=O)(=O)N1CCOCC2(CCN(C(=O)Cn3cc(Cl)cn3)CC2)C1. The van der Waals surface area contributed by atoms with E-state index in [1.165, 1.54) is 21.4 Å². The van der Waals surface area contributed by atoms with Crippen molar-refractivity contribution in [3.8, 4) is 0 Å². The van der Waals surface area contributed by atoms with Gasteiger partial charge in [-0.3, -0.25) is 9.48 Å². The highest BCUT2D eigenvalue weighted by molar-refractivity contribution is 7.88. The highest BCUT2D eigenvalue weighted by Gasteiger charge is 2.40. The molecule has 3 heterocycles. The standard InChI is InChI=1S/C15H23ClN4O4S/c1-25(22,23)20-6-7-24-12-15(11-20)2-4-18(5-3-15)14(21)10-19-9-13(16)8-17-19/h8-9H,2-7,10-12H2,1H3. The molecule has 2 aliphatic heterocycles. The predicted octanol–water partition coefficient (Wildman–Crippen LogP) is 0.437. The summed E-state index contributed by atoms with van der Waals surface area (Å²) in [5, 5.41) is 4.53. The average molecular weight is 391 g/mol. The van der Waals surface area contributed by atoms with Gasteiger partial charge in [0.2, 0.25) is 15.9 Å². The van der Waals surface area contributed by atoms with E-state index in [1.54, 1.807) is 11.1 Å². The summed E-state index contributed by atoms with van der Waals surface area (Å²) in [6, 6.07) is 0. The quantitative estimate of drug-likeness (QED) is 0.747. The molecule has 25 heavy (non-hydrogen) atoms. The Labute approximate surface area is 152 Å². The molecule has 2 saturated heterocycles. The van der Waals surface area contributed by atoms with Crippen LogP contribution in [0.4, 0.5) is 0 Å². The molecule has 0 aromatic carbocycles. The Morgan fingerprint density at radius 1 is 1.36 bits per heavy atom. The van der Waals surface area contributed by atoms with Crippen molar-refractivity contribution in [2.24, 2.45) is 5.41 Å². The Kier molecular flexibility index (Phi) is 5.38. The van der Waals surface area contributed by atoms with Gasteiger partial charge in [0.25, 0.3) is 0 Å². The number of piperidine rings is 1. The lowest BCUT2D eigenvalue weighted by Gasteiger charge is -2.42. The Hall–Kier alpha value is -1.16. The molecule has 0 radical (unpaired) electrons. The first-order valence-corrected chi connectivity index (χ1v) is 10.5. The molecule has 10 heteroatoms. The van der Waals surface area contributed by atoms with Crippen LogP contribution in [0.1, 0.15) is 12.8 Å². The third-order valence-corrected chi connectivity index (χ3v) is 6.39. The number of hydrogen-bond acceptors (Lipinski definition) is 5. The molecule has 0 aliphatic carbocycles. The van der Waals surface area contributed by atoms with E-state index in [0.717, 1.165) is 12.8 Å². The van der Waals surface area contributed by atoms with E-state index in [2.05, 4.69) is 5.10 Å². The smallest absolute Gasteiger partial charge is 0.244 e. The Balaban J connectivity index is 1.61. The first-order valence-electron chi connectivity index (χ1n) is 8.26. The summed E-state index contributed by atoms with van der Waals surface area (Å²) in [5.74, 6) is -0.0101. The third-order valence-electron chi connectivity index (χ3n) is 4.95. The maximum absolute atomic E-state index is 12.4. The molecular formula is C15H23ClN4O4S. The Morgan fingerprint density at radius 3 is 2.68 bits per heavy atom. The highest BCUT2D eigenvalue weighted by atomic mass is 35.5. The maximum atomic E-state index is 12.4. The largest absolute Gasteiger partial charge is 0.379 e. The van der Waals surface area contributed by atoms with Crippen molar-refractivity contribution < 1.29 is 17.9 Å². The number of likely N-dealkylation sites (tertiary alicyclic amines) is 1. The lowest BCUT2D eigenvalue weighted by atomic mass is 9.79. The molecule has 140 valence electrons. The number of sulfonamides is 1. The molecule has 0 N–H and O–H groups in total. The molecule has 2 fully saturated rings. The van der Waals surface area contributed by atoms with Gasteiger partial charge in [0.05, 0.1) is 30.7 Å². The van der Waals surface area contributed by atoms with Crippen molar-refractivity contribution in [2.75, 3.05) is 45.6 Å². The second-order valence-electron chi connectivity index (χ2n) is 6.89. The minimum atomic E-state index is -3.24. The number of carbonyl (C=O) groups is 1. The van der Waals surface area contributed by atoms with E-state index in [9.17, 15) is 13.2 Å². The van der Waals surface area contributed by atoms with Crippen LogP contribution in [0.2, 0.25) is 5.02 Å². The van der Waals surface area contributed by atoms with Crippen molar-refractivity contribution >= 4 is 27.5 Å². The topological polar surface area (TPSA) is 84.7 Å². The van der Waals surface area contributed by atoms with E-state index in [1.807, 2.05) is 0 Å². The van der Waals surface area contributed by atoms with Crippen molar-refractivity contribution in [1.82, 2.24) is 19.0 Å².